The van der Waals surface area contributed by atoms with Crippen molar-refractivity contribution in [3.8, 4) is 17.6 Å². The molecule has 0 saturated carbocycles. The van der Waals surface area contributed by atoms with Gasteiger partial charge in [0.15, 0.2) is 5.78 Å². The number of amides is 3. The number of carbonyl (C=O) groups excluding carboxylic acids is 3. The van der Waals surface area contributed by atoms with Gasteiger partial charge in [-0.1, -0.05) is 0 Å². The zero-order chi connectivity index (χ0) is 28.9. The van der Waals surface area contributed by atoms with E-state index < -0.39 is 21.6 Å². The third-order valence-electron chi connectivity index (χ3n) is 7.23. The van der Waals surface area contributed by atoms with Crippen molar-refractivity contribution < 1.29 is 32.3 Å². The van der Waals surface area contributed by atoms with Crippen molar-refractivity contribution in [3.63, 3.8) is 0 Å². The van der Waals surface area contributed by atoms with Gasteiger partial charge in [0.05, 0.1) is 42.0 Å². The fourth-order valence-electron chi connectivity index (χ4n) is 5.05. The van der Waals surface area contributed by atoms with E-state index in [1.165, 1.54) is 50.6 Å². The minimum Gasteiger partial charge on any atom is -0.496 e. The summed E-state index contributed by atoms with van der Waals surface area (Å²) in [6.45, 7) is 1.62. The van der Waals surface area contributed by atoms with Crippen LogP contribution in [0, 0.1) is 11.3 Å². The highest BCUT2D eigenvalue weighted by Gasteiger charge is 2.52. The van der Waals surface area contributed by atoms with Crippen LogP contribution >= 0.6 is 0 Å². The van der Waals surface area contributed by atoms with Gasteiger partial charge in [-0.25, -0.2) is 13.2 Å². The van der Waals surface area contributed by atoms with Crippen LogP contribution in [-0.4, -0.2) is 70.4 Å². The van der Waals surface area contributed by atoms with Crippen molar-refractivity contribution >= 4 is 33.4 Å². The quantitative estimate of drug-likeness (QED) is 0.209. The fourth-order valence-corrected chi connectivity index (χ4v) is 6.11. The lowest BCUT2D eigenvalue weighted by molar-refractivity contribution is -0.128. The Hall–Kier alpha value is -4.15. The first-order chi connectivity index (χ1) is 19.1. The molecule has 2 fully saturated rings. The molecule has 212 valence electrons. The highest BCUT2D eigenvalue weighted by atomic mass is 32.2. The summed E-state index contributed by atoms with van der Waals surface area (Å²) in [6, 6.07) is 9.74. The van der Waals surface area contributed by atoms with Crippen molar-refractivity contribution in [2.24, 2.45) is 0 Å². The Kier molecular flexibility index (Phi) is 8.61. The van der Waals surface area contributed by atoms with E-state index in [-0.39, 0.29) is 45.8 Å². The van der Waals surface area contributed by atoms with E-state index in [9.17, 15) is 22.8 Å². The van der Waals surface area contributed by atoms with Crippen LogP contribution in [0.25, 0.3) is 0 Å². The minimum atomic E-state index is -4.05. The third-order valence-corrected chi connectivity index (χ3v) is 8.61. The molecule has 3 N–H and O–H groups in total. The number of ether oxygens (including phenoxy) is 2. The van der Waals surface area contributed by atoms with E-state index in [1.807, 2.05) is 6.07 Å². The summed E-state index contributed by atoms with van der Waals surface area (Å²) < 4.78 is 39.1. The Labute approximate surface area is 232 Å². The van der Waals surface area contributed by atoms with Gasteiger partial charge >= 0.3 is 6.03 Å². The molecule has 3 amide bonds. The number of imide groups is 1. The van der Waals surface area contributed by atoms with Gasteiger partial charge in [0.1, 0.15) is 17.0 Å². The lowest BCUT2D eigenvalue weighted by Gasteiger charge is -2.38. The third kappa shape index (κ3) is 5.73. The molecule has 2 aliphatic rings. The summed E-state index contributed by atoms with van der Waals surface area (Å²) in [5, 5.41) is 14.6. The number of benzene rings is 2. The summed E-state index contributed by atoms with van der Waals surface area (Å²) in [4.78, 5) is 39.7. The number of rotatable bonds is 11. The van der Waals surface area contributed by atoms with Crippen LogP contribution in [0.1, 0.15) is 48.0 Å². The number of carbonyl (C=O) groups is 3. The van der Waals surface area contributed by atoms with E-state index in [4.69, 9.17) is 14.7 Å². The van der Waals surface area contributed by atoms with Gasteiger partial charge in [-0.2, -0.15) is 5.26 Å². The zero-order valence-electron chi connectivity index (χ0n) is 22.3. The van der Waals surface area contributed by atoms with Crippen molar-refractivity contribution in [3.05, 3.63) is 47.5 Å². The monoisotopic (exact) mass is 569 g/mol. The number of urea groups is 1. The Balaban J connectivity index is 1.46. The van der Waals surface area contributed by atoms with Crippen LogP contribution in [-0.2, 0) is 14.8 Å². The summed E-state index contributed by atoms with van der Waals surface area (Å²) in [5.74, 6) is -0.171. The molecular weight excluding hydrogens is 538 g/mol. The maximum atomic E-state index is 13.2. The minimum absolute atomic E-state index is 0.0520. The molecule has 0 bridgehead atoms. The molecule has 40 heavy (non-hydrogen) atoms. The van der Waals surface area contributed by atoms with Gasteiger partial charge in [-0.05, 0) is 69.1 Å². The maximum Gasteiger partial charge on any atom is 0.325 e. The number of unbranched alkanes of at least 4 members (excludes halogenated alkanes) is 1. The average Bonchev–Trinajstić information content (AvgIpc) is 3.18. The molecule has 2 aliphatic heterocycles. The number of piperidine rings is 1. The highest BCUT2D eigenvalue weighted by Crippen LogP contribution is 2.36. The molecule has 0 unspecified atom stereocenters. The van der Waals surface area contributed by atoms with Crippen LogP contribution in [0.4, 0.5) is 10.5 Å². The van der Waals surface area contributed by atoms with Crippen molar-refractivity contribution in [2.75, 3.05) is 38.6 Å². The number of sulfonamides is 1. The van der Waals surface area contributed by atoms with Gasteiger partial charge in [-0.15, -0.1) is 0 Å². The number of anilines is 1. The summed E-state index contributed by atoms with van der Waals surface area (Å²) in [5.41, 5.74) is -0.301. The van der Waals surface area contributed by atoms with E-state index >= 15 is 0 Å². The molecule has 4 rings (SSSR count). The standard InChI is InChI=1S/C27H31N5O7S/c1-38-23-16-24(39-2)21(31-40(36,37)19-8-6-18(17-28)7-9-19)15-20(23)22(33)5-3-4-14-32-26(35)30-25(34)27(32)10-12-29-13-11-27/h6-9,15-16,29,31H,3-5,10-14H2,1-2H3,(H,30,34,35). The van der Waals surface area contributed by atoms with Crippen molar-refractivity contribution in [1.82, 2.24) is 15.5 Å². The normalized spacial score (nSPS) is 16.4. The zero-order valence-corrected chi connectivity index (χ0v) is 23.1. The number of nitriles is 1. The molecule has 12 nitrogen and oxygen atoms in total. The highest BCUT2D eigenvalue weighted by molar-refractivity contribution is 7.92. The van der Waals surface area contributed by atoms with E-state index in [2.05, 4.69) is 15.4 Å². The van der Waals surface area contributed by atoms with E-state index in [0.717, 1.165) is 0 Å². The maximum absolute atomic E-state index is 13.2. The number of methoxy groups -OCH3 is 2. The van der Waals surface area contributed by atoms with E-state index in [0.29, 0.717) is 50.9 Å². The molecule has 0 aliphatic carbocycles. The second-order valence-corrected chi connectivity index (χ2v) is 11.2. The Morgan fingerprint density at radius 1 is 1.07 bits per heavy atom. The number of hydrogen-bond acceptors (Lipinski definition) is 9. The van der Waals surface area contributed by atoms with Crippen molar-refractivity contribution in [1.29, 1.82) is 5.26 Å². The van der Waals surface area contributed by atoms with E-state index in [1.54, 1.807) is 4.90 Å². The average molecular weight is 570 g/mol. The smallest absolute Gasteiger partial charge is 0.325 e. The number of nitrogens with zero attached hydrogens (tertiary/aromatic N) is 2. The Morgan fingerprint density at radius 3 is 2.38 bits per heavy atom. The van der Waals surface area contributed by atoms with Crippen LogP contribution in [0.15, 0.2) is 41.3 Å². The number of Topliss-reactive ketones (excluding diaryl/α,β-unsaturated/α-hetero) is 1. The van der Waals surface area contributed by atoms with Crippen LogP contribution in [0.3, 0.4) is 0 Å². The number of ketones is 1. The number of hydrogen-bond donors (Lipinski definition) is 3. The van der Waals surface area contributed by atoms with Crippen LogP contribution in [0.2, 0.25) is 0 Å². The lowest BCUT2D eigenvalue weighted by atomic mass is 9.87. The second kappa shape index (κ2) is 11.9. The molecule has 2 aromatic rings. The first-order valence-electron chi connectivity index (χ1n) is 12.8. The largest absolute Gasteiger partial charge is 0.496 e. The molecule has 2 heterocycles. The van der Waals surface area contributed by atoms with Gasteiger partial charge in [0.25, 0.3) is 15.9 Å². The van der Waals surface area contributed by atoms with Gasteiger partial charge in [-0.3, -0.25) is 19.6 Å². The fraction of sp³-hybridized carbons (Fsp3) is 0.407. The first-order valence-corrected chi connectivity index (χ1v) is 14.3. The Bertz CT molecular complexity index is 1440. The summed E-state index contributed by atoms with van der Waals surface area (Å²) >= 11 is 0. The molecule has 1 spiro atoms. The predicted molar refractivity (Wildman–Crippen MR) is 145 cm³/mol. The molecule has 13 heteroatoms. The number of nitrogens with one attached hydrogen (secondary N) is 3. The topological polar surface area (TPSA) is 167 Å². The summed E-state index contributed by atoms with van der Waals surface area (Å²) in [6.07, 6.45) is 2.12. The molecule has 2 aromatic carbocycles. The predicted octanol–water partition coefficient (Wildman–Crippen LogP) is 2.40. The summed E-state index contributed by atoms with van der Waals surface area (Å²) in [7, 11) is -1.29. The molecular formula is C27H31N5O7S. The van der Waals surface area contributed by atoms with Gasteiger partial charge in [0.2, 0.25) is 0 Å². The Morgan fingerprint density at radius 2 is 1.75 bits per heavy atom. The van der Waals surface area contributed by atoms with Gasteiger partial charge < -0.3 is 19.7 Å². The van der Waals surface area contributed by atoms with Crippen LogP contribution in [0.5, 0.6) is 11.5 Å². The first kappa shape index (κ1) is 28.8. The molecule has 2 saturated heterocycles. The van der Waals surface area contributed by atoms with Gasteiger partial charge in [0, 0.05) is 19.0 Å². The second-order valence-electron chi connectivity index (χ2n) is 9.57. The molecule has 0 aromatic heterocycles. The lowest BCUT2D eigenvalue weighted by Crippen LogP contribution is -2.55. The SMILES string of the molecule is COc1cc(OC)c(C(=O)CCCCN2C(=O)NC(=O)C23CCNCC3)cc1NS(=O)(=O)c1ccc(C#N)cc1. The van der Waals surface area contributed by atoms with Crippen molar-refractivity contribution in [2.45, 2.75) is 42.5 Å². The molecule has 0 atom stereocenters. The molecule has 0 radical (unpaired) electrons. The van der Waals surface area contributed by atoms with Crippen LogP contribution < -0.4 is 24.8 Å².